The molecule has 0 aliphatic carbocycles. The molecule has 32 heavy (non-hydrogen) atoms. The van der Waals surface area contributed by atoms with Gasteiger partial charge in [0.2, 0.25) is 17.7 Å². The highest BCUT2D eigenvalue weighted by Gasteiger charge is 2.28. The molecule has 0 spiro atoms. The van der Waals surface area contributed by atoms with Crippen LogP contribution in [-0.2, 0) is 19.2 Å². The van der Waals surface area contributed by atoms with Gasteiger partial charge in [-0.2, -0.15) is 12.6 Å². The minimum atomic E-state index is -1.26. The van der Waals surface area contributed by atoms with Crippen LogP contribution in [0.1, 0.15) is 39.0 Å². The third kappa shape index (κ3) is 12.3. The molecule has 0 aromatic rings. The number of thiol groups is 1. The molecule has 0 aromatic heterocycles. The van der Waals surface area contributed by atoms with E-state index in [0.717, 1.165) is 6.42 Å². The number of guanidine groups is 1. The summed E-state index contributed by atoms with van der Waals surface area (Å²) in [7, 11) is 0. The molecule has 184 valence electrons. The molecular formula is C18H36N8O5S. The molecule has 0 radical (unpaired) electrons. The molecule has 0 aromatic carbocycles. The highest BCUT2D eigenvalue weighted by atomic mass is 32.1. The Balaban J connectivity index is 5.03. The summed E-state index contributed by atoms with van der Waals surface area (Å²) in [6.45, 7) is 2.15. The second-order valence-corrected chi connectivity index (χ2v) is 7.58. The monoisotopic (exact) mass is 476 g/mol. The first-order valence-electron chi connectivity index (χ1n) is 10.3. The summed E-state index contributed by atoms with van der Waals surface area (Å²) < 4.78 is 0. The van der Waals surface area contributed by atoms with Crippen LogP contribution in [0, 0.1) is 0 Å². The Hall–Kier alpha value is -2.58. The fourth-order valence-electron chi connectivity index (χ4n) is 2.55. The molecule has 14 heteroatoms. The van der Waals surface area contributed by atoms with E-state index in [0.29, 0.717) is 25.8 Å². The number of aliphatic imine (C=N–C) groups is 1. The number of carbonyl (C=O) groups is 4. The SMILES string of the molecule is CC(NC(=O)C(N)CCCCN)C(=O)NC(CCCN=C(N)N)C(=O)NC(CS)C(=O)O. The summed E-state index contributed by atoms with van der Waals surface area (Å²) in [6.07, 6.45) is 2.30. The van der Waals surface area contributed by atoms with Gasteiger partial charge in [0.05, 0.1) is 6.04 Å². The number of hydrogen-bond donors (Lipinski definition) is 9. The maximum Gasteiger partial charge on any atom is 0.327 e. The van der Waals surface area contributed by atoms with Gasteiger partial charge >= 0.3 is 5.97 Å². The van der Waals surface area contributed by atoms with Gasteiger partial charge in [0, 0.05) is 12.3 Å². The van der Waals surface area contributed by atoms with Crippen molar-refractivity contribution < 1.29 is 24.3 Å². The van der Waals surface area contributed by atoms with Crippen molar-refractivity contribution in [2.45, 2.75) is 63.2 Å². The molecule has 13 nitrogen and oxygen atoms in total. The molecule has 0 saturated carbocycles. The molecule has 0 aliphatic heterocycles. The predicted octanol–water partition coefficient (Wildman–Crippen LogP) is -3.01. The Kier molecular flexibility index (Phi) is 14.8. The lowest BCUT2D eigenvalue weighted by molar-refractivity contribution is -0.141. The topological polar surface area (TPSA) is 241 Å². The van der Waals surface area contributed by atoms with E-state index >= 15 is 0 Å². The van der Waals surface area contributed by atoms with Gasteiger partial charge < -0.3 is 44.0 Å². The van der Waals surface area contributed by atoms with Crippen LogP contribution >= 0.6 is 12.6 Å². The van der Waals surface area contributed by atoms with Crippen LogP contribution in [0.25, 0.3) is 0 Å². The number of unbranched alkanes of at least 4 members (excludes halogenated alkanes) is 1. The number of amides is 3. The molecule has 4 unspecified atom stereocenters. The quantitative estimate of drug-likeness (QED) is 0.0476. The van der Waals surface area contributed by atoms with Crippen molar-refractivity contribution in [1.29, 1.82) is 0 Å². The van der Waals surface area contributed by atoms with Crippen LogP contribution < -0.4 is 38.9 Å². The normalized spacial score (nSPS) is 14.4. The molecule has 0 fully saturated rings. The third-order valence-corrected chi connectivity index (χ3v) is 4.80. The van der Waals surface area contributed by atoms with E-state index in [9.17, 15) is 19.2 Å². The van der Waals surface area contributed by atoms with Crippen LogP contribution in [0.4, 0.5) is 0 Å². The summed E-state index contributed by atoms with van der Waals surface area (Å²) in [4.78, 5) is 52.2. The standard InChI is InChI=1S/C18H36N8O5S/c1-10(24-15(28)11(20)5-2-3-7-19)14(27)25-12(6-4-8-23-18(21)22)16(29)26-13(9-32)17(30)31/h10-13,32H,2-9,19-20H2,1H3,(H,24,28)(H,25,27)(H,26,29)(H,30,31)(H4,21,22,23). The molecule has 3 amide bonds. The van der Waals surface area contributed by atoms with Crippen LogP contribution in [0.2, 0.25) is 0 Å². The first-order valence-corrected chi connectivity index (χ1v) is 10.9. The van der Waals surface area contributed by atoms with Crippen molar-refractivity contribution in [1.82, 2.24) is 16.0 Å². The van der Waals surface area contributed by atoms with E-state index < -0.39 is 47.9 Å². The van der Waals surface area contributed by atoms with Gasteiger partial charge in [0.1, 0.15) is 18.1 Å². The number of rotatable bonds is 16. The molecule has 0 aliphatic rings. The van der Waals surface area contributed by atoms with Crippen molar-refractivity contribution in [2.75, 3.05) is 18.8 Å². The molecule has 0 bridgehead atoms. The van der Waals surface area contributed by atoms with Crippen molar-refractivity contribution in [3.63, 3.8) is 0 Å². The minimum absolute atomic E-state index is 0.116. The lowest BCUT2D eigenvalue weighted by atomic mass is 10.1. The van der Waals surface area contributed by atoms with E-state index in [2.05, 4.69) is 33.6 Å². The van der Waals surface area contributed by atoms with Crippen LogP contribution in [0.15, 0.2) is 4.99 Å². The third-order valence-electron chi connectivity index (χ3n) is 4.43. The van der Waals surface area contributed by atoms with Gasteiger partial charge in [0.15, 0.2) is 5.96 Å². The number of hydrogen-bond acceptors (Lipinski definition) is 8. The predicted molar refractivity (Wildman–Crippen MR) is 124 cm³/mol. The number of nitrogens with one attached hydrogen (secondary N) is 3. The van der Waals surface area contributed by atoms with E-state index in [4.69, 9.17) is 28.0 Å². The Morgan fingerprint density at radius 1 is 0.938 bits per heavy atom. The van der Waals surface area contributed by atoms with E-state index in [1.807, 2.05) is 0 Å². The van der Waals surface area contributed by atoms with Gasteiger partial charge in [-0.15, -0.1) is 0 Å². The van der Waals surface area contributed by atoms with Crippen molar-refractivity contribution in [2.24, 2.45) is 27.9 Å². The average molecular weight is 477 g/mol. The minimum Gasteiger partial charge on any atom is -0.480 e. The molecule has 0 saturated heterocycles. The molecule has 12 N–H and O–H groups in total. The van der Waals surface area contributed by atoms with Gasteiger partial charge in [-0.3, -0.25) is 19.4 Å². The van der Waals surface area contributed by atoms with Crippen molar-refractivity contribution >= 4 is 42.3 Å². The Morgan fingerprint density at radius 3 is 2.09 bits per heavy atom. The first kappa shape index (κ1) is 29.4. The van der Waals surface area contributed by atoms with E-state index in [1.165, 1.54) is 6.92 Å². The number of carboxylic acid groups (broad SMARTS) is 1. The van der Waals surface area contributed by atoms with Gasteiger partial charge in [-0.1, -0.05) is 6.42 Å². The van der Waals surface area contributed by atoms with Gasteiger partial charge in [-0.05, 0) is 39.2 Å². The fourth-order valence-corrected chi connectivity index (χ4v) is 2.80. The Bertz CT molecular complexity index is 659. The zero-order chi connectivity index (χ0) is 24.7. The van der Waals surface area contributed by atoms with E-state index in [-0.39, 0.29) is 24.7 Å². The summed E-state index contributed by atoms with van der Waals surface area (Å²) in [5, 5.41) is 16.5. The highest BCUT2D eigenvalue weighted by Crippen LogP contribution is 2.03. The summed E-state index contributed by atoms with van der Waals surface area (Å²) >= 11 is 3.90. The van der Waals surface area contributed by atoms with Crippen LogP contribution in [0.5, 0.6) is 0 Å². The average Bonchev–Trinajstić information content (AvgIpc) is 2.73. The smallest absolute Gasteiger partial charge is 0.327 e. The number of carboxylic acids is 1. The lowest BCUT2D eigenvalue weighted by Crippen LogP contribution is -2.56. The summed E-state index contributed by atoms with van der Waals surface area (Å²) in [5.41, 5.74) is 21.8. The number of nitrogens with two attached hydrogens (primary N) is 4. The number of carbonyl (C=O) groups excluding carboxylic acids is 3. The zero-order valence-electron chi connectivity index (χ0n) is 18.3. The number of aliphatic carboxylic acids is 1. The summed E-state index contributed by atoms with van der Waals surface area (Å²) in [6, 6.07) is -4.07. The highest BCUT2D eigenvalue weighted by molar-refractivity contribution is 7.80. The van der Waals surface area contributed by atoms with Gasteiger partial charge in [0.25, 0.3) is 0 Å². The summed E-state index contributed by atoms with van der Waals surface area (Å²) in [5.74, 6) is -3.35. The molecular weight excluding hydrogens is 440 g/mol. The fraction of sp³-hybridized carbons (Fsp3) is 0.722. The first-order chi connectivity index (χ1) is 15.0. The Morgan fingerprint density at radius 2 is 1.56 bits per heavy atom. The second kappa shape index (κ2) is 16.1. The molecule has 4 atom stereocenters. The van der Waals surface area contributed by atoms with Crippen LogP contribution in [-0.4, -0.2) is 77.8 Å². The maximum absolute atomic E-state index is 12.6. The van der Waals surface area contributed by atoms with Crippen molar-refractivity contribution in [3.8, 4) is 0 Å². The lowest BCUT2D eigenvalue weighted by Gasteiger charge is -2.23. The van der Waals surface area contributed by atoms with Gasteiger partial charge in [-0.25, -0.2) is 4.79 Å². The maximum atomic E-state index is 12.6. The largest absolute Gasteiger partial charge is 0.480 e. The van der Waals surface area contributed by atoms with Crippen molar-refractivity contribution in [3.05, 3.63) is 0 Å². The van der Waals surface area contributed by atoms with Crippen LogP contribution in [0.3, 0.4) is 0 Å². The second-order valence-electron chi connectivity index (χ2n) is 7.21. The molecule has 0 rings (SSSR count). The van der Waals surface area contributed by atoms with E-state index in [1.54, 1.807) is 0 Å². The Labute approximate surface area is 192 Å². The zero-order valence-corrected chi connectivity index (χ0v) is 19.1. The number of nitrogens with zero attached hydrogens (tertiary/aromatic N) is 1. The molecule has 0 heterocycles.